The Bertz CT molecular complexity index is 695. The monoisotopic (exact) mass is 355 g/mol. The third-order valence-electron chi connectivity index (χ3n) is 2.85. The molecule has 1 aromatic rings. The quantitative estimate of drug-likeness (QED) is 0.267. The SMILES string of the molecule is COC(Nc1cc(NC(=S)CC(C)=N)c(C(N)=O)cc1F)C(N)=O. The van der Waals surface area contributed by atoms with E-state index < -0.39 is 23.9 Å². The van der Waals surface area contributed by atoms with Gasteiger partial charge in [-0.25, -0.2) is 4.39 Å². The number of hydrogen-bond acceptors (Lipinski definition) is 6. The standard InChI is InChI=1S/C14H18FN5O3S/c1-6(16)3-11(24)19-9-5-10(20-14(23-2)13(18)22)8(15)4-7(9)12(17)21/h4-5,14,16,20H,3H2,1-2H3,(H2,17,21)(H2,18,22)(H,19,24). The second kappa shape index (κ2) is 8.31. The van der Waals surface area contributed by atoms with E-state index in [4.69, 9.17) is 33.8 Å². The van der Waals surface area contributed by atoms with Gasteiger partial charge < -0.3 is 32.2 Å². The second-order valence-corrected chi connectivity index (χ2v) is 5.40. The first kappa shape index (κ1) is 19.5. The highest BCUT2D eigenvalue weighted by molar-refractivity contribution is 7.80. The third kappa shape index (κ3) is 5.25. The normalized spacial score (nSPS) is 11.5. The van der Waals surface area contributed by atoms with E-state index in [2.05, 4.69) is 10.6 Å². The number of primary amides is 2. The first-order valence-electron chi connectivity index (χ1n) is 6.71. The predicted molar refractivity (Wildman–Crippen MR) is 92.8 cm³/mol. The number of carbonyl (C=O) groups is 2. The zero-order valence-corrected chi connectivity index (χ0v) is 13.9. The van der Waals surface area contributed by atoms with Crippen LogP contribution in [0.1, 0.15) is 23.7 Å². The molecule has 1 unspecified atom stereocenters. The van der Waals surface area contributed by atoms with E-state index in [1.807, 2.05) is 0 Å². The molecule has 0 radical (unpaired) electrons. The van der Waals surface area contributed by atoms with E-state index in [1.165, 1.54) is 13.2 Å². The highest BCUT2D eigenvalue weighted by Gasteiger charge is 2.19. The number of benzene rings is 1. The molecular weight excluding hydrogens is 337 g/mol. The number of methoxy groups -OCH3 is 1. The number of amides is 2. The molecule has 10 heteroatoms. The molecule has 7 N–H and O–H groups in total. The molecule has 0 aliphatic heterocycles. The molecule has 0 heterocycles. The number of hydrogen-bond donors (Lipinski definition) is 5. The lowest BCUT2D eigenvalue weighted by molar-refractivity contribution is -0.126. The second-order valence-electron chi connectivity index (χ2n) is 4.91. The fourth-order valence-electron chi connectivity index (χ4n) is 1.81. The number of nitrogens with one attached hydrogen (secondary N) is 3. The summed E-state index contributed by atoms with van der Waals surface area (Å²) in [5.41, 5.74) is 10.5. The van der Waals surface area contributed by atoms with Crippen LogP contribution in [0, 0.1) is 11.2 Å². The van der Waals surface area contributed by atoms with Gasteiger partial charge in [-0.05, 0) is 19.1 Å². The number of halogens is 1. The minimum atomic E-state index is -1.26. The number of anilines is 2. The summed E-state index contributed by atoms with van der Waals surface area (Å²) >= 11 is 5.07. The van der Waals surface area contributed by atoms with Gasteiger partial charge in [-0.3, -0.25) is 9.59 Å². The van der Waals surface area contributed by atoms with Gasteiger partial charge in [0.2, 0.25) is 6.23 Å². The van der Waals surface area contributed by atoms with Crippen LogP contribution in [-0.2, 0) is 9.53 Å². The molecular formula is C14H18FN5O3S. The largest absolute Gasteiger partial charge is 0.366 e. The summed E-state index contributed by atoms with van der Waals surface area (Å²) in [6.07, 6.45) is -1.10. The Kier molecular flexibility index (Phi) is 6.74. The van der Waals surface area contributed by atoms with E-state index >= 15 is 0 Å². The Morgan fingerprint density at radius 2 is 2.00 bits per heavy atom. The molecule has 130 valence electrons. The molecule has 1 atom stereocenters. The maximum absolute atomic E-state index is 14.1. The van der Waals surface area contributed by atoms with Gasteiger partial charge in [-0.1, -0.05) is 12.2 Å². The van der Waals surface area contributed by atoms with Crippen molar-refractivity contribution in [1.82, 2.24) is 0 Å². The first-order chi connectivity index (χ1) is 11.1. The van der Waals surface area contributed by atoms with Crippen LogP contribution in [0.15, 0.2) is 12.1 Å². The number of rotatable bonds is 8. The number of ether oxygens (including phenoxy) is 1. The van der Waals surface area contributed by atoms with Crippen molar-refractivity contribution in [3.63, 3.8) is 0 Å². The van der Waals surface area contributed by atoms with Crippen LogP contribution in [0.3, 0.4) is 0 Å². The summed E-state index contributed by atoms with van der Waals surface area (Å²) < 4.78 is 18.9. The summed E-state index contributed by atoms with van der Waals surface area (Å²) in [5, 5.41) is 12.6. The van der Waals surface area contributed by atoms with E-state index in [9.17, 15) is 14.0 Å². The molecule has 0 fully saturated rings. The highest BCUT2D eigenvalue weighted by atomic mass is 32.1. The average Bonchev–Trinajstić information content (AvgIpc) is 2.45. The molecule has 8 nitrogen and oxygen atoms in total. The van der Waals surface area contributed by atoms with Crippen molar-refractivity contribution in [3.05, 3.63) is 23.5 Å². The minimum absolute atomic E-state index is 0.129. The summed E-state index contributed by atoms with van der Waals surface area (Å²) in [4.78, 5) is 22.9. The van der Waals surface area contributed by atoms with E-state index in [0.717, 1.165) is 6.07 Å². The molecule has 0 aliphatic carbocycles. The Balaban J connectivity index is 3.21. The van der Waals surface area contributed by atoms with Gasteiger partial charge in [0.1, 0.15) is 5.82 Å². The first-order valence-corrected chi connectivity index (χ1v) is 7.12. The topological polar surface area (TPSA) is 143 Å². The van der Waals surface area contributed by atoms with Crippen LogP contribution < -0.4 is 22.1 Å². The molecule has 1 rings (SSSR count). The Labute approximate surface area is 143 Å². The van der Waals surface area contributed by atoms with Crippen molar-refractivity contribution in [2.45, 2.75) is 19.6 Å². The van der Waals surface area contributed by atoms with Gasteiger partial charge in [0.15, 0.2) is 0 Å². The van der Waals surface area contributed by atoms with Crippen molar-refractivity contribution in [1.29, 1.82) is 5.41 Å². The lowest BCUT2D eigenvalue weighted by Gasteiger charge is -2.18. The number of thiocarbonyl (C=S) groups is 1. The Morgan fingerprint density at radius 3 is 2.46 bits per heavy atom. The van der Waals surface area contributed by atoms with Crippen molar-refractivity contribution in [2.75, 3.05) is 17.7 Å². The van der Waals surface area contributed by atoms with Gasteiger partial charge in [0.05, 0.1) is 21.9 Å². The summed E-state index contributed by atoms with van der Waals surface area (Å²) in [7, 11) is 1.22. The Hall–Kier alpha value is -2.59. The smallest absolute Gasteiger partial charge is 0.267 e. The molecule has 2 amide bonds. The van der Waals surface area contributed by atoms with Gasteiger partial charge in [-0.2, -0.15) is 0 Å². The van der Waals surface area contributed by atoms with E-state index in [-0.39, 0.29) is 28.3 Å². The summed E-state index contributed by atoms with van der Waals surface area (Å²) in [6, 6.07) is 2.12. The molecule has 0 saturated heterocycles. The minimum Gasteiger partial charge on any atom is -0.366 e. The highest BCUT2D eigenvalue weighted by Crippen LogP contribution is 2.25. The lowest BCUT2D eigenvalue weighted by atomic mass is 10.1. The Morgan fingerprint density at radius 1 is 1.38 bits per heavy atom. The van der Waals surface area contributed by atoms with Crippen LogP contribution in [-0.4, -0.2) is 35.9 Å². The third-order valence-corrected chi connectivity index (χ3v) is 3.10. The molecule has 24 heavy (non-hydrogen) atoms. The molecule has 0 spiro atoms. The van der Waals surface area contributed by atoms with Crippen LogP contribution in [0.5, 0.6) is 0 Å². The number of nitrogens with two attached hydrogens (primary N) is 2. The fraction of sp³-hybridized carbons (Fsp3) is 0.286. The predicted octanol–water partition coefficient (Wildman–Crippen LogP) is 0.963. The lowest BCUT2D eigenvalue weighted by Crippen LogP contribution is -2.37. The summed E-state index contributed by atoms with van der Waals surface area (Å²) in [6.45, 7) is 1.57. The molecule has 1 aromatic carbocycles. The van der Waals surface area contributed by atoms with E-state index in [0.29, 0.717) is 5.71 Å². The fourth-order valence-corrected chi connectivity index (χ4v) is 2.14. The van der Waals surface area contributed by atoms with Crippen LogP contribution in [0.4, 0.5) is 15.8 Å². The molecule has 0 saturated carbocycles. The maximum atomic E-state index is 14.1. The van der Waals surface area contributed by atoms with Crippen LogP contribution in [0.2, 0.25) is 0 Å². The van der Waals surface area contributed by atoms with Gasteiger partial charge in [-0.15, -0.1) is 0 Å². The van der Waals surface area contributed by atoms with Gasteiger partial charge in [0, 0.05) is 19.2 Å². The van der Waals surface area contributed by atoms with Crippen molar-refractivity contribution in [2.24, 2.45) is 11.5 Å². The molecule has 0 bridgehead atoms. The van der Waals surface area contributed by atoms with Crippen molar-refractivity contribution < 1.29 is 18.7 Å². The van der Waals surface area contributed by atoms with E-state index in [1.54, 1.807) is 6.92 Å². The zero-order valence-electron chi connectivity index (χ0n) is 13.1. The maximum Gasteiger partial charge on any atom is 0.267 e. The molecule has 0 aromatic heterocycles. The van der Waals surface area contributed by atoms with Gasteiger partial charge in [0.25, 0.3) is 11.8 Å². The zero-order chi connectivity index (χ0) is 18.4. The van der Waals surface area contributed by atoms with Crippen molar-refractivity contribution in [3.8, 4) is 0 Å². The van der Waals surface area contributed by atoms with Gasteiger partial charge >= 0.3 is 0 Å². The summed E-state index contributed by atoms with van der Waals surface area (Å²) in [5.74, 6) is -2.54. The average molecular weight is 355 g/mol. The number of carbonyl (C=O) groups excluding carboxylic acids is 2. The van der Waals surface area contributed by atoms with Crippen LogP contribution >= 0.6 is 12.2 Å². The van der Waals surface area contributed by atoms with Crippen LogP contribution in [0.25, 0.3) is 0 Å². The molecule has 0 aliphatic rings. The van der Waals surface area contributed by atoms with Crippen molar-refractivity contribution >= 4 is 46.1 Å².